The first kappa shape index (κ1) is 9.71. The van der Waals surface area contributed by atoms with Gasteiger partial charge in [0.2, 0.25) is 5.88 Å². The predicted molar refractivity (Wildman–Crippen MR) is 60.6 cm³/mol. The van der Waals surface area contributed by atoms with E-state index in [0.29, 0.717) is 22.9 Å². The Morgan fingerprint density at radius 3 is 2.88 bits per heavy atom. The van der Waals surface area contributed by atoms with Gasteiger partial charge in [0.15, 0.2) is 5.65 Å². The third kappa shape index (κ3) is 1.59. The summed E-state index contributed by atoms with van der Waals surface area (Å²) in [6.07, 6.45) is 6.59. The van der Waals surface area contributed by atoms with Crippen LogP contribution in [0.1, 0.15) is 0 Å². The smallest absolute Gasteiger partial charge is 0.218 e. The van der Waals surface area contributed by atoms with Crippen molar-refractivity contribution in [2.75, 3.05) is 7.11 Å². The van der Waals surface area contributed by atoms with E-state index in [9.17, 15) is 0 Å². The second-order valence-electron chi connectivity index (χ2n) is 3.38. The largest absolute Gasteiger partial charge is 0.481 e. The lowest BCUT2D eigenvalue weighted by atomic mass is 10.3. The molecule has 0 aliphatic carbocycles. The molecule has 0 aromatic carbocycles. The molecule has 0 unspecified atom stereocenters. The highest BCUT2D eigenvalue weighted by molar-refractivity contribution is 5.58. The molecular weight excluding hydrogens is 218 g/mol. The molecule has 6 heteroatoms. The van der Waals surface area contributed by atoms with Crippen molar-refractivity contribution >= 4 is 5.65 Å². The Balaban J connectivity index is 2.24. The van der Waals surface area contributed by atoms with Crippen LogP contribution in [0.2, 0.25) is 0 Å². The number of hydrogen-bond donors (Lipinski definition) is 0. The Morgan fingerprint density at radius 1 is 1.18 bits per heavy atom. The number of fused-ring (bicyclic) bond motifs is 1. The summed E-state index contributed by atoms with van der Waals surface area (Å²) in [6, 6.07) is 3.59. The van der Waals surface area contributed by atoms with Crippen molar-refractivity contribution in [3.8, 4) is 17.3 Å². The van der Waals surface area contributed by atoms with E-state index in [4.69, 9.17) is 4.74 Å². The van der Waals surface area contributed by atoms with E-state index in [2.05, 4.69) is 20.1 Å². The molecule has 3 heterocycles. The number of rotatable bonds is 2. The van der Waals surface area contributed by atoms with Gasteiger partial charge in [-0.3, -0.25) is 9.97 Å². The molecule has 0 saturated carbocycles. The van der Waals surface area contributed by atoms with Crippen molar-refractivity contribution in [1.29, 1.82) is 0 Å². The lowest BCUT2D eigenvalue weighted by molar-refractivity contribution is 0.385. The fourth-order valence-electron chi connectivity index (χ4n) is 1.59. The third-order valence-corrected chi connectivity index (χ3v) is 2.36. The Hall–Kier alpha value is -2.50. The quantitative estimate of drug-likeness (QED) is 0.658. The van der Waals surface area contributed by atoms with Crippen LogP contribution in [0.5, 0.6) is 5.88 Å². The molecule has 0 amide bonds. The Labute approximate surface area is 96.9 Å². The topological polar surface area (TPSA) is 65.2 Å². The number of nitrogens with zero attached hydrogens (tertiary/aromatic N) is 5. The molecular formula is C11H9N5O. The van der Waals surface area contributed by atoms with Gasteiger partial charge in [-0.05, 0) is 0 Å². The first-order chi connectivity index (χ1) is 8.38. The molecule has 0 N–H and O–H groups in total. The summed E-state index contributed by atoms with van der Waals surface area (Å²) in [4.78, 5) is 12.7. The second-order valence-corrected chi connectivity index (χ2v) is 3.38. The second kappa shape index (κ2) is 3.82. The maximum Gasteiger partial charge on any atom is 0.218 e. The monoisotopic (exact) mass is 227 g/mol. The fraction of sp³-hybridized carbons (Fsp3) is 0.0909. The van der Waals surface area contributed by atoms with Gasteiger partial charge in [-0.25, -0.2) is 4.98 Å². The first-order valence-corrected chi connectivity index (χ1v) is 5.03. The van der Waals surface area contributed by atoms with Crippen LogP contribution in [0, 0.1) is 0 Å². The SMILES string of the molecule is COc1cc(-c2cnccn2)nc2ccnn12. The standard InChI is InChI=1S/C11H9N5O/c1-17-11-6-8(9-7-12-4-5-13-9)15-10-2-3-14-16(10)11/h2-7H,1H3. The first-order valence-electron chi connectivity index (χ1n) is 5.03. The summed E-state index contributed by atoms with van der Waals surface area (Å²) in [5.41, 5.74) is 2.13. The molecule has 17 heavy (non-hydrogen) atoms. The van der Waals surface area contributed by atoms with Crippen molar-refractivity contribution in [1.82, 2.24) is 24.6 Å². The van der Waals surface area contributed by atoms with E-state index in [0.717, 1.165) is 0 Å². The summed E-state index contributed by atoms with van der Waals surface area (Å²) in [6.45, 7) is 0. The molecule has 0 atom stereocenters. The molecule has 3 aromatic heterocycles. The molecule has 0 spiro atoms. The molecule has 0 aliphatic heterocycles. The fourth-order valence-corrected chi connectivity index (χ4v) is 1.59. The number of ether oxygens (including phenoxy) is 1. The van der Waals surface area contributed by atoms with Crippen molar-refractivity contribution < 1.29 is 4.74 Å². The molecule has 3 rings (SSSR count). The molecule has 0 bridgehead atoms. The van der Waals surface area contributed by atoms with Crippen LogP contribution in [0.3, 0.4) is 0 Å². The van der Waals surface area contributed by atoms with Crippen molar-refractivity contribution in [3.05, 3.63) is 36.9 Å². The summed E-state index contributed by atoms with van der Waals surface area (Å²) in [7, 11) is 1.59. The van der Waals surface area contributed by atoms with Gasteiger partial charge in [0.25, 0.3) is 0 Å². The van der Waals surface area contributed by atoms with Gasteiger partial charge in [-0.2, -0.15) is 9.61 Å². The minimum atomic E-state index is 0.612. The van der Waals surface area contributed by atoms with E-state index in [1.54, 1.807) is 42.5 Å². The highest BCUT2D eigenvalue weighted by Gasteiger charge is 2.08. The van der Waals surface area contributed by atoms with Crippen LogP contribution in [0.15, 0.2) is 36.9 Å². The van der Waals surface area contributed by atoms with Crippen molar-refractivity contribution in [2.45, 2.75) is 0 Å². The Bertz CT molecular complexity index is 649. The summed E-state index contributed by atoms with van der Waals surface area (Å²) in [5, 5.41) is 4.12. The zero-order valence-electron chi connectivity index (χ0n) is 9.11. The number of methoxy groups -OCH3 is 1. The lowest BCUT2D eigenvalue weighted by Crippen LogP contribution is -1.99. The minimum absolute atomic E-state index is 0.612. The summed E-state index contributed by atoms with van der Waals surface area (Å²) < 4.78 is 6.89. The number of hydrogen-bond acceptors (Lipinski definition) is 5. The average molecular weight is 227 g/mol. The highest BCUT2D eigenvalue weighted by atomic mass is 16.5. The van der Waals surface area contributed by atoms with Crippen molar-refractivity contribution in [2.24, 2.45) is 0 Å². The number of aromatic nitrogens is 5. The van der Waals surface area contributed by atoms with Crippen LogP contribution >= 0.6 is 0 Å². The maximum atomic E-state index is 5.26. The van der Waals surface area contributed by atoms with Crippen molar-refractivity contribution in [3.63, 3.8) is 0 Å². The van der Waals surface area contributed by atoms with Gasteiger partial charge in [-0.1, -0.05) is 0 Å². The predicted octanol–water partition coefficient (Wildman–Crippen LogP) is 1.19. The molecule has 6 nitrogen and oxygen atoms in total. The van der Waals surface area contributed by atoms with Gasteiger partial charge in [0.05, 0.1) is 25.2 Å². The molecule has 84 valence electrons. The molecule has 0 saturated heterocycles. The Morgan fingerprint density at radius 2 is 2.12 bits per heavy atom. The van der Waals surface area contributed by atoms with Gasteiger partial charge in [0, 0.05) is 24.5 Å². The third-order valence-electron chi connectivity index (χ3n) is 2.36. The molecule has 0 fully saturated rings. The van der Waals surface area contributed by atoms with E-state index in [-0.39, 0.29) is 0 Å². The normalized spacial score (nSPS) is 10.6. The van der Waals surface area contributed by atoms with Gasteiger partial charge >= 0.3 is 0 Å². The van der Waals surface area contributed by atoms with E-state index in [1.165, 1.54) is 0 Å². The van der Waals surface area contributed by atoms with Crippen LogP contribution in [-0.4, -0.2) is 31.7 Å². The summed E-state index contributed by atoms with van der Waals surface area (Å²) >= 11 is 0. The summed E-state index contributed by atoms with van der Waals surface area (Å²) in [5.74, 6) is 0.612. The van der Waals surface area contributed by atoms with Crippen LogP contribution in [0.25, 0.3) is 17.0 Å². The lowest BCUT2D eigenvalue weighted by Gasteiger charge is -2.05. The minimum Gasteiger partial charge on any atom is -0.481 e. The zero-order valence-corrected chi connectivity index (χ0v) is 9.11. The molecule has 0 radical (unpaired) electrons. The van der Waals surface area contributed by atoms with Gasteiger partial charge < -0.3 is 4.74 Å². The Kier molecular flexibility index (Phi) is 2.18. The van der Waals surface area contributed by atoms with Crippen LogP contribution in [0.4, 0.5) is 0 Å². The molecule has 3 aromatic rings. The van der Waals surface area contributed by atoms with Gasteiger partial charge in [0.1, 0.15) is 5.69 Å². The average Bonchev–Trinajstić information content (AvgIpc) is 2.86. The highest BCUT2D eigenvalue weighted by Crippen LogP contribution is 2.20. The zero-order chi connectivity index (χ0) is 11.7. The van der Waals surface area contributed by atoms with Crippen LogP contribution < -0.4 is 4.74 Å². The van der Waals surface area contributed by atoms with Crippen LogP contribution in [-0.2, 0) is 0 Å². The molecule has 0 aliphatic rings. The van der Waals surface area contributed by atoms with E-state index >= 15 is 0 Å². The van der Waals surface area contributed by atoms with Gasteiger partial charge in [-0.15, -0.1) is 0 Å². The van der Waals surface area contributed by atoms with E-state index < -0.39 is 0 Å². The maximum absolute atomic E-state index is 5.26. The van der Waals surface area contributed by atoms with E-state index in [1.807, 2.05) is 6.07 Å².